The van der Waals surface area contributed by atoms with Crippen molar-refractivity contribution in [1.29, 1.82) is 0 Å². The van der Waals surface area contributed by atoms with Crippen LogP contribution in [0.3, 0.4) is 0 Å². The Morgan fingerprint density at radius 2 is 2.00 bits per heavy atom. The first-order valence-electron chi connectivity index (χ1n) is 7.06. The molecule has 2 unspecified atom stereocenters. The molecule has 0 saturated carbocycles. The minimum absolute atomic E-state index is 0.0861. The van der Waals surface area contributed by atoms with Gasteiger partial charge in [0.1, 0.15) is 16.4 Å². The summed E-state index contributed by atoms with van der Waals surface area (Å²) in [6, 6.07) is 1.50. The van der Waals surface area contributed by atoms with E-state index < -0.39 is 10.0 Å². The van der Waals surface area contributed by atoms with Crippen molar-refractivity contribution in [3.05, 3.63) is 17.6 Å². The van der Waals surface area contributed by atoms with E-state index in [9.17, 15) is 8.42 Å². The van der Waals surface area contributed by atoms with Crippen LogP contribution in [0.25, 0.3) is 0 Å². The quantitative estimate of drug-likeness (QED) is 0.773. The number of furan rings is 1. The molecule has 0 aromatic carbocycles. The maximum absolute atomic E-state index is 12.4. The van der Waals surface area contributed by atoms with Gasteiger partial charge in [-0.15, -0.1) is 0 Å². The van der Waals surface area contributed by atoms with Crippen molar-refractivity contribution in [3.8, 4) is 0 Å². The van der Waals surface area contributed by atoms with E-state index >= 15 is 0 Å². The fourth-order valence-corrected chi connectivity index (χ4v) is 3.66. The van der Waals surface area contributed by atoms with Crippen LogP contribution >= 0.6 is 0 Å². The highest BCUT2D eigenvalue weighted by Gasteiger charge is 2.23. The molecule has 2 atom stereocenters. The first kappa shape index (κ1) is 17.2. The molecule has 6 heteroatoms. The molecule has 1 heterocycles. The molecule has 0 spiro atoms. The van der Waals surface area contributed by atoms with E-state index in [0.717, 1.165) is 12.8 Å². The summed E-state index contributed by atoms with van der Waals surface area (Å²) in [7, 11) is -1.72. The van der Waals surface area contributed by atoms with Crippen LogP contribution in [0.2, 0.25) is 0 Å². The van der Waals surface area contributed by atoms with E-state index in [1.807, 2.05) is 6.92 Å². The van der Waals surface area contributed by atoms with E-state index in [1.165, 1.54) is 0 Å². The second-order valence-corrected chi connectivity index (χ2v) is 7.12. The Balaban J connectivity index is 2.83. The third kappa shape index (κ3) is 4.61. The van der Waals surface area contributed by atoms with Crippen LogP contribution in [-0.4, -0.2) is 21.5 Å². The molecule has 0 aliphatic carbocycles. The molecule has 5 nitrogen and oxygen atoms in total. The first-order valence-corrected chi connectivity index (χ1v) is 8.54. The molecule has 1 rings (SSSR count). The summed E-state index contributed by atoms with van der Waals surface area (Å²) in [4.78, 5) is 0.235. The Kier molecular flexibility index (Phi) is 6.23. The van der Waals surface area contributed by atoms with Crippen LogP contribution in [0.15, 0.2) is 15.4 Å². The number of rotatable bonds is 8. The Morgan fingerprint density at radius 1 is 1.35 bits per heavy atom. The zero-order chi connectivity index (χ0) is 15.3. The van der Waals surface area contributed by atoms with Crippen molar-refractivity contribution in [1.82, 2.24) is 10.0 Å². The number of sulfonamides is 1. The number of hydrogen-bond acceptors (Lipinski definition) is 4. The Hall–Kier alpha value is -0.850. The predicted molar refractivity (Wildman–Crippen MR) is 80.1 cm³/mol. The lowest BCUT2D eigenvalue weighted by atomic mass is 10.0. The standard InChI is InChI=1S/C14H26N2O3S/c1-6-10(2)7-11(3)16-20(17,18)14-8-13(9-15-5)19-12(14)4/h8,10-11,15-16H,6-7,9H2,1-5H3. The topological polar surface area (TPSA) is 71.3 Å². The fraction of sp³-hybridized carbons (Fsp3) is 0.714. The first-order chi connectivity index (χ1) is 9.30. The molecule has 0 aliphatic heterocycles. The second kappa shape index (κ2) is 7.24. The maximum atomic E-state index is 12.4. The molecular weight excluding hydrogens is 276 g/mol. The van der Waals surface area contributed by atoms with Gasteiger partial charge in [0.05, 0.1) is 6.54 Å². The lowest BCUT2D eigenvalue weighted by Crippen LogP contribution is -2.33. The van der Waals surface area contributed by atoms with Gasteiger partial charge in [-0.05, 0) is 33.2 Å². The van der Waals surface area contributed by atoms with E-state index in [2.05, 4.69) is 23.9 Å². The van der Waals surface area contributed by atoms with E-state index in [1.54, 1.807) is 20.0 Å². The SMILES string of the molecule is CCC(C)CC(C)NS(=O)(=O)c1cc(CNC)oc1C. The minimum Gasteiger partial charge on any atom is -0.464 e. The molecular formula is C14H26N2O3S. The summed E-state index contributed by atoms with van der Waals surface area (Å²) < 4.78 is 32.9. The molecule has 0 bridgehead atoms. The van der Waals surface area contributed by atoms with Gasteiger partial charge in [-0.25, -0.2) is 13.1 Å². The second-order valence-electron chi connectivity index (χ2n) is 5.43. The number of aryl methyl sites for hydroxylation is 1. The normalized spacial score (nSPS) is 15.2. The van der Waals surface area contributed by atoms with Gasteiger partial charge >= 0.3 is 0 Å². The largest absolute Gasteiger partial charge is 0.464 e. The summed E-state index contributed by atoms with van der Waals surface area (Å²) in [6.07, 6.45) is 1.87. The van der Waals surface area contributed by atoms with Crippen LogP contribution in [0.4, 0.5) is 0 Å². The molecule has 20 heavy (non-hydrogen) atoms. The van der Waals surface area contributed by atoms with Crippen molar-refractivity contribution in [2.75, 3.05) is 7.05 Å². The van der Waals surface area contributed by atoms with Crippen molar-refractivity contribution in [2.45, 2.75) is 58.0 Å². The van der Waals surface area contributed by atoms with Crippen molar-refractivity contribution >= 4 is 10.0 Å². The maximum Gasteiger partial charge on any atom is 0.244 e. The lowest BCUT2D eigenvalue weighted by molar-refractivity contribution is 0.444. The zero-order valence-corrected chi connectivity index (χ0v) is 13.8. The van der Waals surface area contributed by atoms with Gasteiger partial charge in [0.15, 0.2) is 0 Å². The highest BCUT2D eigenvalue weighted by molar-refractivity contribution is 7.89. The third-order valence-corrected chi connectivity index (χ3v) is 5.07. The van der Waals surface area contributed by atoms with Crippen LogP contribution < -0.4 is 10.0 Å². The van der Waals surface area contributed by atoms with E-state index in [-0.39, 0.29) is 10.9 Å². The molecule has 0 saturated heterocycles. The number of hydrogen-bond donors (Lipinski definition) is 2. The smallest absolute Gasteiger partial charge is 0.244 e. The van der Waals surface area contributed by atoms with Gasteiger partial charge in [-0.1, -0.05) is 20.3 Å². The molecule has 2 N–H and O–H groups in total. The summed E-state index contributed by atoms with van der Waals surface area (Å²) in [5.41, 5.74) is 0. The molecule has 0 amide bonds. The third-order valence-electron chi connectivity index (χ3n) is 3.37. The molecule has 0 radical (unpaired) electrons. The summed E-state index contributed by atoms with van der Waals surface area (Å²) >= 11 is 0. The zero-order valence-electron chi connectivity index (χ0n) is 13.0. The monoisotopic (exact) mass is 302 g/mol. The van der Waals surface area contributed by atoms with Gasteiger partial charge in [-0.3, -0.25) is 0 Å². The van der Waals surface area contributed by atoms with Gasteiger partial charge < -0.3 is 9.73 Å². The molecule has 0 fully saturated rings. The van der Waals surface area contributed by atoms with Crippen LogP contribution in [0.5, 0.6) is 0 Å². The van der Waals surface area contributed by atoms with Gasteiger partial charge in [0.25, 0.3) is 0 Å². The molecule has 116 valence electrons. The predicted octanol–water partition coefficient (Wildman–Crippen LogP) is 2.41. The fourth-order valence-electron chi connectivity index (χ4n) is 2.20. The number of nitrogens with one attached hydrogen (secondary N) is 2. The van der Waals surface area contributed by atoms with Gasteiger partial charge in [-0.2, -0.15) is 0 Å². The average molecular weight is 302 g/mol. The average Bonchev–Trinajstić information content (AvgIpc) is 2.70. The Morgan fingerprint density at radius 3 is 2.55 bits per heavy atom. The van der Waals surface area contributed by atoms with Crippen LogP contribution in [0, 0.1) is 12.8 Å². The Bertz CT molecular complexity index is 523. The molecule has 1 aromatic heterocycles. The lowest BCUT2D eigenvalue weighted by Gasteiger charge is -2.17. The van der Waals surface area contributed by atoms with Crippen LogP contribution in [0.1, 0.15) is 45.1 Å². The minimum atomic E-state index is -3.51. The van der Waals surface area contributed by atoms with Crippen molar-refractivity contribution in [2.24, 2.45) is 5.92 Å². The summed E-state index contributed by atoms with van der Waals surface area (Å²) in [5.74, 6) is 1.55. The van der Waals surface area contributed by atoms with Gasteiger partial charge in [0.2, 0.25) is 10.0 Å². The highest BCUT2D eigenvalue weighted by atomic mass is 32.2. The van der Waals surface area contributed by atoms with Gasteiger partial charge in [0, 0.05) is 12.1 Å². The van der Waals surface area contributed by atoms with Crippen molar-refractivity contribution < 1.29 is 12.8 Å². The van der Waals surface area contributed by atoms with Crippen molar-refractivity contribution in [3.63, 3.8) is 0 Å². The summed E-state index contributed by atoms with van der Waals surface area (Å²) in [6.45, 7) is 8.31. The Labute approximate surface area is 122 Å². The summed E-state index contributed by atoms with van der Waals surface area (Å²) in [5, 5.41) is 2.94. The molecule has 1 aromatic rings. The molecule has 0 aliphatic rings. The van der Waals surface area contributed by atoms with E-state index in [4.69, 9.17) is 4.42 Å². The van der Waals surface area contributed by atoms with E-state index in [0.29, 0.717) is 24.0 Å². The highest BCUT2D eigenvalue weighted by Crippen LogP contribution is 2.21. The van der Waals surface area contributed by atoms with Crippen LogP contribution in [-0.2, 0) is 16.6 Å².